The second-order valence-electron chi connectivity index (χ2n) is 4.20. The van der Waals surface area contributed by atoms with Gasteiger partial charge < -0.3 is 9.88 Å². The van der Waals surface area contributed by atoms with Gasteiger partial charge in [-0.3, -0.25) is 4.79 Å². The van der Waals surface area contributed by atoms with E-state index in [4.69, 9.17) is 23.8 Å². The molecular formula is C14H13ClN2OS. The fourth-order valence-corrected chi connectivity index (χ4v) is 2.21. The van der Waals surface area contributed by atoms with E-state index in [0.29, 0.717) is 21.8 Å². The summed E-state index contributed by atoms with van der Waals surface area (Å²) >= 11 is 11.0. The number of rotatable bonds is 3. The number of pyridine rings is 1. The van der Waals surface area contributed by atoms with Crippen molar-refractivity contribution < 1.29 is 4.79 Å². The molecule has 1 N–H and O–H groups in total. The van der Waals surface area contributed by atoms with Gasteiger partial charge in [-0.2, -0.15) is 0 Å². The molecule has 0 atom stereocenters. The number of amides is 1. The molecule has 2 aromatic rings. The van der Waals surface area contributed by atoms with Crippen molar-refractivity contribution in [1.82, 2.24) is 9.88 Å². The molecule has 1 amide bonds. The summed E-state index contributed by atoms with van der Waals surface area (Å²) in [6.45, 7) is 0.489. The quantitative estimate of drug-likeness (QED) is 0.876. The van der Waals surface area contributed by atoms with E-state index in [9.17, 15) is 4.79 Å². The summed E-state index contributed by atoms with van der Waals surface area (Å²) in [6, 6.07) is 10.9. The highest BCUT2D eigenvalue weighted by molar-refractivity contribution is 7.71. The molecule has 3 nitrogen and oxygen atoms in total. The molecule has 0 spiro atoms. The van der Waals surface area contributed by atoms with Gasteiger partial charge in [-0.1, -0.05) is 36.0 Å². The Morgan fingerprint density at radius 2 is 2.16 bits per heavy atom. The maximum absolute atomic E-state index is 12.3. The number of halogens is 1. The van der Waals surface area contributed by atoms with E-state index < -0.39 is 0 Å². The average molecular weight is 293 g/mol. The number of carbonyl (C=O) groups is 1. The van der Waals surface area contributed by atoms with Crippen molar-refractivity contribution in [3.05, 3.63) is 63.4 Å². The number of nitrogens with one attached hydrogen (secondary N) is 1. The molecule has 0 unspecified atom stereocenters. The summed E-state index contributed by atoms with van der Waals surface area (Å²) in [6.07, 6.45) is 1.70. The van der Waals surface area contributed by atoms with Crippen molar-refractivity contribution in [1.29, 1.82) is 0 Å². The number of H-pyrrole nitrogens is 1. The molecule has 19 heavy (non-hydrogen) atoms. The predicted octanol–water partition coefficient (Wildman–Crippen LogP) is 3.67. The van der Waals surface area contributed by atoms with E-state index in [1.165, 1.54) is 0 Å². The third kappa shape index (κ3) is 3.43. The van der Waals surface area contributed by atoms with Crippen LogP contribution in [0.5, 0.6) is 0 Å². The highest BCUT2D eigenvalue weighted by Crippen LogP contribution is 2.13. The van der Waals surface area contributed by atoms with Crippen molar-refractivity contribution >= 4 is 29.7 Å². The average Bonchev–Trinajstić information content (AvgIpc) is 2.38. The van der Waals surface area contributed by atoms with Crippen LogP contribution >= 0.6 is 23.8 Å². The SMILES string of the molecule is CN(Cc1cccc(Cl)c1)C(=O)c1ccc[nH]c1=S. The molecule has 5 heteroatoms. The Hall–Kier alpha value is -1.65. The molecule has 1 aromatic heterocycles. The lowest BCUT2D eigenvalue weighted by Crippen LogP contribution is -2.26. The minimum atomic E-state index is -0.109. The van der Waals surface area contributed by atoms with E-state index in [-0.39, 0.29) is 5.91 Å². The Labute approximate surface area is 121 Å². The summed E-state index contributed by atoms with van der Waals surface area (Å²) in [5.41, 5.74) is 1.48. The molecule has 0 saturated heterocycles. The summed E-state index contributed by atoms with van der Waals surface area (Å²) in [5.74, 6) is -0.109. The molecule has 0 radical (unpaired) electrons. The van der Waals surface area contributed by atoms with Gasteiger partial charge in [-0.15, -0.1) is 0 Å². The maximum Gasteiger partial charge on any atom is 0.256 e. The standard InChI is InChI=1S/C14H13ClN2OS/c1-17(9-10-4-2-5-11(15)8-10)14(18)12-6-3-7-16-13(12)19/h2-8H,9H2,1H3,(H,16,19). The van der Waals surface area contributed by atoms with Gasteiger partial charge >= 0.3 is 0 Å². The number of aromatic amines is 1. The Morgan fingerprint density at radius 1 is 1.37 bits per heavy atom. The number of hydrogen-bond acceptors (Lipinski definition) is 2. The summed E-state index contributed by atoms with van der Waals surface area (Å²) in [5, 5.41) is 0.662. The van der Waals surface area contributed by atoms with Crippen molar-refractivity contribution in [2.45, 2.75) is 6.54 Å². The Morgan fingerprint density at radius 3 is 2.84 bits per heavy atom. The first kappa shape index (κ1) is 13.8. The number of benzene rings is 1. The second kappa shape index (κ2) is 5.99. The highest BCUT2D eigenvalue weighted by Gasteiger charge is 2.13. The smallest absolute Gasteiger partial charge is 0.256 e. The van der Waals surface area contributed by atoms with Crippen LogP contribution in [-0.2, 0) is 6.54 Å². The van der Waals surface area contributed by atoms with Crippen LogP contribution in [0.15, 0.2) is 42.6 Å². The van der Waals surface area contributed by atoms with Gasteiger partial charge in [0.05, 0.1) is 5.56 Å². The van der Waals surface area contributed by atoms with Gasteiger partial charge in [0.15, 0.2) is 0 Å². The summed E-state index contributed by atoms with van der Waals surface area (Å²) in [7, 11) is 1.74. The van der Waals surface area contributed by atoms with Crippen LogP contribution in [0.2, 0.25) is 5.02 Å². The van der Waals surface area contributed by atoms with Gasteiger partial charge in [0, 0.05) is 24.8 Å². The van der Waals surface area contributed by atoms with Crippen LogP contribution in [0.3, 0.4) is 0 Å². The Bertz CT molecular complexity index is 654. The number of nitrogens with zero attached hydrogens (tertiary/aromatic N) is 1. The molecule has 2 rings (SSSR count). The first-order chi connectivity index (χ1) is 9.08. The maximum atomic E-state index is 12.3. The minimum absolute atomic E-state index is 0.109. The van der Waals surface area contributed by atoms with Crippen LogP contribution < -0.4 is 0 Å². The Kier molecular flexibility index (Phi) is 4.35. The molecule has 0 bridgehead atoms. The Balaban J connectivity index is 2.17. The molecule has 0 aliphatic carbocycles. The lowest BCUT2D eigenvalue weighted by atomic mass is 10.2. The van der Waals surface area contributed by atoms with E-state index in [1.807, 2.05) is 18.2 Å². The first-order valence-corrected chi connectivity index (χ1v) is 6.54. The van der Waals surface area contributed by atoms with E-state index >= 15 is 0 Å². The molecule has 1 heterocycles. The third-order valence-corrected chi connectivity index (χ3v) is 3.28. The number of carbonyl (C=O) groups excluding carboxylic acids is 1. The molecule has 1 aromatic carbocycles. The fraction of sp³-hybridized carbons (Fsp3) is 0.143. The topological polar surface area (TPSA) is 36.1 Å². The summed E-state index contributed by atoms with van der Waals surface area (Å²) < 4.78 is 0.449. The zero-order valence-corrected chi connectivity index (χ0v) is 12.0. The number of aromatic nitrogens is 1. The minimum Gasteiger partial charge on any atom is -0.352 e. The van der Waals surface area contributed by atoms with Crippen LogP contribution in [0, 0.1) is 4.64 Å². The second-order valence-corrected chi connectivity index (χ2v) is 5.05. The van der Waals surface area contributed by atoms with E-state index in [0.717, 1.165) is 5.56 Å². The zero-order valence-electron chi connectivity index (χ0n) is 10.4. The van der Waals surface area contributed by atoms with Gasteiger partial charge in [-0.25, -0.2) is 0 Å². The highest BCUT2D eigenvalue weighted by atomic mass is 35.5. The third-order valence-electron chi connectivity index (χ3n) is 2.70. The first-order valence-electron chi connectivity index (χ1n) is 5.75. The van der Waals surface area contributed by atoms with Gasteiger partial charge in [0.2, 0.25) is 0 Å². The molecule has 0 aliphatic rings. The van der Waals surface area contributed by atoms with Crippen molar-refractivity contribution in [3.8, 4) is 0 Å². The van der Waals surface area contributed by atoms with Gasteiger partial charge in [-0.05, 0) is 29.8 Å². The predicted molar refractivity (Wildman–Crippen MR) is 78.9 cm³/mol. The molecule has 0 saturated carbocycles. The molecule has 0 aliphatic heterocycles. The van der Waals surface area contributed by atoms with E-state index in [1.54, 1.807) is 36.3 Å². The largest absolute Gasteiger partial charge is 0.352 e. The zero-order chi connectivity index (χ0) is 13.8. The fourth-order valence-electron chi connectivity index (χ4n) is 1.78. The van der Waals surface area contributed by atoms with Crippen molar-refractivity contribution in [3.63, 3.8) is 0 Å². The van der Waals surface area contributed by atoms with Crippen LogP contribution in [0.1, 0.15) is 15.9 Å². The van der Waals surface area contributed by atoms with Crippen LogP contribution in [0.25, 0.3) is 0 Å². The van der Waals surface area contributed by atoms with E-state index in [2.05, 4.69) is 4.98 Å². The lowest BCUT2D eigenvalue weighted by Gasteiger charge is -2.17. The number of hydrogen-bond donors (Lipinski definition) is 1. The monoisotopic (exact) mass is 292 g/mol. The van der Waals surface area contributed by atoms with Crippen molar-refractivity contribution in [2.75, 3.05) is 7.05 Å². The van der Waals surface area contributed by atoms with Gasteiger partial charge in [0.25, 0.3) is 5.91 Å². The molecule has 0 fully saturated rings. The van der Waals surface area contributed by atoms with Crippen LogP contribution in [0.4, 0.5) is 0 Å². The van der Waals surface area contributed by atoms with Crippen molar-refractivity contribution in [2.24, 2.45) is 0 Å². The summed E-state index contributed by atoms with van der Waals surface area (Å²) in [4.78, 5) is 16.7. The lowest BCUT2D eigenvalue weighted by molar-refractivity contribution is 0.0784. The normalized spacial score (nSPS) is 10.2. The van der Waals surface area contributed by atoms with Crippen LogP contribution in [-0.4, -0.2) is 22.8 Å². The molecular weight excluding hydrogens is 280 g/mol. The van der Waals surface area contributed by atoms with Gasteiger partial charge in [0.1, 0.15) is 4.64 Å². The molecule has 98 valence electrons.